The van der Waals surface area contributed by atoms with Crippen molar-refractivity contribution in [2.24, 2.45) is 5.41 Å². The van der Waals surface area contributed by atoms with Crippen LogP contribution in [0.15, 0.2) is 30.7 Å². The zero-order valence-electron chi connectivity index (χ0n) is 16.3. The molecular formula is C20H20FN7O. The topological polar surface area (TPSA) is 88.6 Å². The summed E-state index contributed by atoms with van der Waals surface area (Å²) in [5, 5.41) is 10.4. The number of hydrogen-bond acceptors (Lipinski definition) is 5. The Morgan fingerprint density at radius 3 is 2.69 bits per heavy atom. The molecule has 1 aliphatic rings. The highest BCUT2D eigenvalue weighted by Gasteiger charge is 2.39. The molecule has 5 rings (SSSR count). The van der Waals surface area contributed by atoms with Gasteiger partial charge in [-0.05, 0) is 38.5 Å². The van der Waals surface area contributed by atoms with Gasteiger partial charge in [0.15, 0.2) is 22.9 Å². The van der Waals surface area contributed by atoms with Crippen LogP contribution in [0.5, 0.6) is 0 Å². The Kier molecular flexibility index (Phi) is 3.72. The first-order chi connectivity index (χ1) is 13.8. The lowest BCUT2D eigenvalue weighted by Crippen LogP contribution is -2.58. The number of anilines is 1. The molecule has 0 radical (unpaired) electrons. The van der Waals surface area contributed by atoms with E-state index in [-0.39, 0.29) is 11.6 Å². The lowest BCUT2D eigenvalue weighted by atomic mass is 9.83. The monoisotopic (exact) mass is 393 g/mol. The smallest absolute Gasteiger partial charge is 0.234 e. The second-order valence-electron chi connectivity index (χ2n) is 7.92. The SMILES string of the molecule is Cc1cn2nc(-c3cc(F)c4nc(NC(=O)C5(C)CNC5)cn4c3)cc(C)c2n1. The van der Waals surface area contributed by atoms with E-state index in [0.29, 0.717) is 30.2 Å². The van der Waals surface area contributed by atoms with Crippen LogP contribution in [0.2, 0.25) is 0 Å². The maximum absolute atomic E-state index is 14.8. The third kappa shape index (κ3) is 2.85. The van der Waals surface area contributed by atoms with Crippen molar-refractivity contribution in [1.29, 1.82) is 0 Å². The summed E-state index contributed by atoms with van der Waals surface area (Å²) in [7, 11) is 0. The zero-order chi connectivity index (χ0) is 20.3. The van der Waals surface area contributed by atoms with Crippen LogP contribution in [0.25, 0.3) is 22.6 Å². The first kappa shape index (κ1) is 17.7. The van der Waals surface area contributed by atoms with Crippen molar-refractivity contribution in [2.45, 2.75) is 20.8 Å². The average molecular weight is 393 g/mol. The number of fused-ring (bicyclic) bond motifs is 2. The first-order valence-electron chi connectivity index (χ1n) is 9.37. The standard InChI is InChI=1S/C20H20FN7O/c1-11-4-15(26-28-6-12(2)23-17(11)28)13-5-14(21)18-24-16(8-27(18)7-13)25-19(29)20(3)9-22-10-20/h4-8,22H,9-10H2,1-3H3,(H,25,29). The van der Waals surface area contributed by atoms with Gasteiger partial charge in [-0.1, -0.05) is 0 Å². The number of nitrogens with one attached hydrogen (secondary N) is 2. The molecule has 9 heteroatoms. The van der Waals surface area contributed by atoms with Gasteiger partial charge in [0, 0.05) is 24.8 Å². The molecule has 0 bridgehead atoms. The lowest BCUT2D eigenvalue weighted by Gasteiger charge is -2.37. The van der Waals surface area contributed by atoms with E-state index < -0.39 is 11.2 Å². The van der Waals surface area contributed by atoms with E-state index in [0.717, 1.165) is 16.9 Å². The van der Waals surface area contributed by atoms with Crippen molar-refractivity contribution in [3.63, 3.8) is 0 Å². The van der Waals surface area contributed by atoms with Gasteiger partial charge >= 0.3 is 0 Å². The Bertz CT molecular complexity index is 1290. The Morgan fingerprint density at radius 1 is 1.17 bits per heavy atom. The summed E-state index contributed by atoms with van der Waals surface area (Å²) in [6.45, 7) is 6.97. The Morgan fingerprint density at radius 2 is 1.97 bits per heavy atom. The number of carbonyl (C=O) groups excluding carboxylic acids is 1. The van der Waals surface area contributed by atoms with Gasteiger partial charge in [-0.15, -0.1) is 0 Å². The number of amides is 1. The van der Waals surface area contributed by atoms with Crippen LogP contribution in [-0.4, -0.2) is 43.0 Å². The van der Waals surface area contributed by atoms with Crippen LogP contribution < -0.4 is 10.6 Å². The Balaban J connectivity index is 1.53. The first-order valence-corrected chi connectivity index (χ1v) is 9.37. The number of aromatic nitrogens is 5. The largest absolute Gasteiger partial charge is 0.315 e. The van der Waals surface area contributed by atoms with Crippen molar-refractivity contribution in [3.05, 3.63) is 47.8 Å². The normalized spacial score (nSPS) is 15.6. The van der Waals surface area contributed by atoms with Crippen molar-refractivity contribution in [2.75, 3.05) is 18.4 Å². The van der Waals surface area contributed by atoms with Crippen LogP contribution in [0, 0.1) is 25.1 Å². The van der Waals surface area contributed by atoms with E-state index in [1.54, 1.807) is 21.3 Å². The number of nitrogens with zero attached hydrogens (tertiary/aromatic N) is 5. The second kappa shape index (κ2) is 6.08. The quantitative estimate of drug-likeness (QED) is 0.558. The molecule has 148 valence electrons. The van der Waals surface area contributed by atoms with Crippen LogP contribution in [0.3, 0.4) is 0 Å². The third-order valence-corrected chi connectivity index (χ3v) is 5.35. The molecule has 0 aromatic carbocycles. The fraction of sp³-hybridized carbons (Fsp3) is 0.300. The van der Waals surface area contributed by atoms with Gasteiger partial charge in [0.1, 0.15) is 0 Å². The van der Waals surface area contributed by atoms with Crippen LogP contribution >= 0.6 is 0 Å². The highest BCUT2D eigenvalue weighted by Crippen LogP contribution is 2.26. The molecule has 1 aliphatic heterocycles. The molecule has 5 heterocycles. The minimum absolute atomic E-state index is 0.126. The summed E-state index contributed by atoms with van der Waals surface area (Å²) in [5.41, 5.74) is 3.52. The third-order valence-electron chi connectivity index (χ3n) is 5.35. The van der Waals surface area contributed by atoms with Crippen LogP contribution in [0.4, 0.5) is 10.2 Å². The molecule has 2 N–H and O–H groups in total. The number of hydrogen-bond donors (Lipinski definition) is 2. The molecule has 4 aromatic heterocycles. The molecule has 1 saturated heterocycles. The van der Waals surface area contributed by atoms with Crippen LogP contribution in [0.1, 0.15) is 18.2 Å². The number of rotatable bonds is 3. The average Bonchev–Trinajstić information content (AvgIpc) is 3.22. The van der Waals surface area contributed by atoms with E-state index in [1.165, 1.54) is 6.07 Å². The highest BCUT2D eigenvalue weighted by atomic mass is 19.1. The molecule has 0 saturated carbocycles. The van der Waals surface area contributed by atoms with E-state index in [4.69, 9.17) is 0 Å². The molecule has 0 aliphatic carbocycles. The van der Waals surface area contributed by atoms with E-state index in [2.05, 4.69) is 25.7 Å². The van der Waals surface area contributed by atoms with Crippen molar-refractivity contribution in [1.82, 2.24) is 29.3 Å². The van der Waals surface area contributed by atoms with Gasteiger partial charge in [-0.25, -0.2) is 18.9 Å². The van der Waals surface area contributed by atoms with E-state index in [1.807, 2.05) is 33.0 Å². The van der Waals surface area contributed by atoms with Gasteiger partial charge in [-0.3, -0.25) is 4.79 Å². The number of halogens is 1. The van der Waals surface area contributed by atoms with E-state index >= 15 is 0 Å². The van der Waals surface area contributed by atoms with Crippen molar-refractivity contribution in [3.8, 4) is 11.3 Å². The highest BCUT2D eigenvalue weighted by molar-refractivity contribution is 5.95. The molecule has 8 nitrogen and oxygen atoms in total. The Labute approximate surface area is 165 Å². The molecular weight excluding hydrogens is 373 g/mol. The van der Waals surface area contributed by atoms with Gasteiger partial charge < -0.3 is 15.0 Å². The van der Waals surface area contributed by atoms with Gasteiger partial charge in [-0.2, -0.15) is 5.10 Å². The Hall–Kier alpha value is -3.33. The second-order valence-corrected chi connectivity index (χ2v) is 7.92. The molecule has 0 spiro atoms. The number of pyridine rings is 1. The summed E-state index contributed by atoms with van der Waals surface area (Å²) in [6.07, 6.45) is 5.20. The number of aryl methyl sites for hydroxylation is 2. The lowest BCUT2D eigenvalue weighted by molar-refractivity contribution is -0.127. The van der Waals surface area contributed by atoms with Gasteiger partial charge in [0.25, 0.3) is 0 Å². The summed E-state index contributed by atoms with van der Waals surface area (Å²) in [6, 6.07) is 3.29. The molecule has 1 amide bonds. The minimum Gasteiger partial charge on any atom is -0.315 e. The van der Waals surface area contributed by atoms with Crippen LogP contribution in [-0.2, 0) is 4.79 Å². The van der Waals surface area contributed by atoms with E-state index in [9.17, 15) is 9.18 Å². The van der Waals surface area contributed by atoms with Crippen molar-refractivity contribution >= 4 is 23.0 Å². The fourth-order valence-corrected chi connectivity index (χ4v) is 3.57. The summed E-state index contributed by atoms with van der Waals surface area (Å²) in [5.74, 6) is -0.289. The molecule has 0 unspecified atom stereocenters. The zero-order valence-corrected chi connectivity index (χ0v) is 16.3. The molecule has 29 heavy (non-hydrogen) atoms. The molecule has 4 aromatic rings. The van der Waals surface area contributed by atoms with Gasteiger partial charge in [0.2, 0.25) is 5.91 Å². The summed E-state index contributed by atoms with van der Waals surface area (Å²) in [4.78, 5) is 21.1. The van der Waals surface area contributed by atoms with Gasteiger partial charge in [0.05, 0.1) is 29.2 Å². The predicted octanol–water partition coefficient (Wildman–Crippen LogP) is 2.35. The summed E-state index contributed by atoms with van der Waals surface area (Å²) >= 11 is 0. The predicted molar refractivity (Wildman–Crippen MR) is 106 cm³/mol. The molecule has 0 atom stereocenters. The maximum atomic E-state index is 14.8. The molecule has 1 fully saturated rings. The number of imidazole rings is 2. The maximum Gasteiger partial charge on any atom is 0.234 e. The minimum atomic E-state index is -0.485. The van der Waals surface area contributed by atoms with Crippen molar-refractivity contribution < 1.29 is 9.18 Å². The fourth-order valence-electron chi connectivity index (χ4n) is 3.57. The summed E-state index contributed by atoms with van der Waals surface area (Å²) < 4.78 is 18.0. The number of carbonyl (C=O) groups is 1.